The first-order valence-corrected chi connectivity index (χ1v) is 9.48. The summed E-state index contributed by atoms with van der Waals surface area (Å²) in [6, 6.07) is 7.94. The van der Waals surface area contributed by atoms with Gasteiger partial charge in [-0.2, -0.15) is 9.59 Å². The molecule has 0 spiro atoms. The van der Waals surface area contributed by atoms with E-state index in [-0.39, 0.29) is 28.6 Å². The van der Waals surface area contributed by atoms with Gasteiger partial charge in [0.05, 0.1) is 11.1 Å². The Kier molecular flexibility index (Phi) is 6.10. The maximum absolute atomic E-state index is 13.1. The molecule has 2 N–H and O–H groups in total. The second-order valence-electron chi connectivity index (χ2n) is 7.07. The Morgan fingerprint density at radius 3 is 2.28 bits per heavy atom. The van der Waals surface area contributed by atoms with Crippen molar-refractivity contribution in [2.45, 2.75) is 32.1 Å². The Labute approximate surface area is 167 Å². The van der Waals surface area contributed by atoms with Gasteiger partial charge in [-0.05, 0) is 49.8 Å². The third-order valence-electron chi connectivity index (χ3n) is 5.39. The molecular weight excluding hydrogens is 374 g/mol. The van der Waals surface area contributed by atoms with E-state index in [1.807, 2.05) is 0 Å². The number of carboxylic acids is 1. The number of phenols is 1. The van der Waals surface area contributed by atoms with Gasteiger partial charge in [-0.25, -0.2) is 4.79 Å². The number of benzene rings is 2. The first-order valence-electron chi connectivity index (χ1n) is 9.48. The van der Waals surface area contributed by atoms with Crippen molar-refractivity contribution in [1.29, 1.82) is 0 Å². The number of phenolic OH excluding ortho intramolecular Hbond substituents is 1. The Balaban J connectivity index is 0.000000755. The average Bonchev–Trinajstić information content (AvgIpc) is 2.93. The first-order chi connectivity index (χ1) is 14.0. The van der Waals surface area contributed by atoms with E-state index in [2.05, 4.69) is 4.90 Å². The van der Waals surface area contributed by atoms with E-state index in [1.165, 1.54) is 12.1 Å². The van der Waals surface area contributed by atoms with Crippen LogP contribution in [0.1, 0.15) is 56.7 Å². The minimum atomic E-state index is -1.14. The fourth-order valence-electron chi connectivity index (χ4n) is 4.19. The minimum Gasteiger partial charge on any atom is -0.507 e. The molecule has 7 heteroatoms. The SMILES string of the molecule is O=C(O)c1ccccc1C(=O)c1cc2c3c(c1O)CCCN3CCCC2.O=C=O. The number of carbonyl (C=O) groups excluding carboxylic acids is 3. The van der Waals surface area contributed by atoms with Gasteiger partial charge in [-0.15, -0.1) is 0 Å². The number of anilines is 1. The number of nitrogens with zero attached hydrogens (tertiary/aromatic N) is 1. The lowest BCUT2D eigenvalue weighted by Gasteiger charge is -2.32. The van der Waals surface area contributed by atoms with E-state index in [4.69, 9.17) is 9.59 Å². The number of aryl methyl sites for hydroxylation is 1. The number of hydrogen-bond donors (Lipinski definition) is 2. The maximum atomic E-state index is 13.1. The average molecular weight is 395 g/mol. The van der Waals surface area contributed by atoms with Gasteiger partial charge >= 0.3 is 12.1 Å². The predicted molar refractivity (Wildman–Crippen MR) is 103 cm³/mol. The Bertz CT molecular complexity index is 991. The molecule has 0 saturated carbocycles. The molecule has 0 bridgehead atoms. The molecule has 0 saturated heterocycles. The van der Waals surface area contributed by atoms with Gasteiger partial charge in [0.2, 0.25) is 0 Å². The second-order valence-corrected chi connectivity index (χ2v) is 7.07. The molecule has 2 aromatic rings. The van der Waals surface area contributed by atoms with Crippen LogP contribution in [0.2, 0.25) is 0 Å². The highest BCUT2D eigenvalue weighted by atomic mass is 16.4. The zero-order valence-electron chi connectivity index (χ0n) is 15.8. The van der Waals surface area contributed by atoms with Crippen molar-refractivity contribution in [2.24, 2.45) is 0 Å². The molecule has 29 heavy (non-hydrogen) atoms. The van der Waals surface area contributed by atoms with Crippen LogP contribution in [0.5, 0.6) is 5.75 Å². The van der Waals surface area contributed by atoms with Crippen LogP contribution in [-0.4, -0.2) is 41.2 Å². The quantitative estimate of drug-likeness (QED) is 0.769. The maximum Gasteiger partial charge on any atom is 0.373 e. The highest BCUT2D eigenvalue weighted by molar-refractivity contribution is 6.16. The molecule has 150 valence electrons. The number of carboxylic acid groups (broad SMARTS) is 1. The minimum absolute atomic E-state index is 0.0144. The fraction of sp³-hybridized carbons (Fsp3) is 0.318. The van der Waals surface area contributed by atoms with Gasteiger partial charge in [-0.3, -0.25) is 4.79 Å². The van der Waals surface area contributed by atoms with Gasteiger partial charge < -0.3 is 15.1 Å². The van der Waals surface area contributed by atoms with E-state index >= 15 is 0 Å². The molecule has 2 aromatic carbocycles. The summed E-state index contributed by atoms with van der Waals surface area (Å²) in [5.41, 5.74) is 3.31. The van der Waals surface area contributed by atoms with Crippen LogP contribution < -0.4 is 4.90 Å². The zero-order chi connectivity index (χ0) is 21.0. The molecule has 0 amide bonds. The van der Waals surface area contributed by atoms with E-state index in [1.54, 1.807) is 18.2 Å². The molecule has 0 radical (unpaired) electrons. The zero-order valence-corrected chi connectivity index (χ0v) is 15.8. The number of rotatable bonds is 3. The molecule has 0 atom stereocenters. The molecule has 2 aliphatic rings. The number of hydrogen-bond acceptors (Lipinski definition) is 6. The van der Waals surface area contributed by atoms with E-state index < -0.39 is 11.8 Å². The number of aromatic hydroxyl groups is 1. The summed E-state index contributed by atoms with van der Waals surface area (Å²) >= 11 is 0. The molecule has 2 heterocycles. The van der Waals surface area contributed by atoms with Crippen molar-refractivity contribution in [3.05, 3.63) is 58.1 Å². The lowest BCUT2D eigenvalue weighted by molar-refractivity contribution is -0.191. The van der Waals surface area contributed by atoms with Crippen molar-refractivity contribution in [3.8, 4) is 5.75 Å². The van der Waals surface area contributed by atoms with Gasteiger partial charge in [0.1, 0.15) is 5.75 Å². The van der Waals surface area contributed by atoms with Crippen molar-refractivity contribution in [2.75, 3.05) is 18.0 Å². The highest BCUT2D eigenvalue weighted by Crippen LogP contribution is 2.42. The monoisotopic (exact) mass is 395 g/mol. The van der Waals surface area contributed by atoms with Crippen molar-refractivity contribution in [3.63, 3.8) is 0 Å². The van der Waals surface area contributed by atoms with Crippen LogP contribution in [0.3, 0.4) is 0 Å². The Morgan fingerprint density at radius 1 is 0.931 bits per heavy atom. The molecule has 0 unspecified atom stereocenters. The summed E-state index contributed by atoms with van der Waals surface area (Å²) in [7, 11) is 0. The van der Waals surface area contributed by atoms with Crippen molar-refractivity contribution < 1.29 is 29.4 Å². The molecule has 2 aliphatic heterocycles. The smallest absolute Gasteiger partial charge is 0.373 e. The normalized spacial score (nSPS) is 14.6. The largest absolute Gasteiger partial charge is 0.507 e. The van der Waals surface area contributed by atoms with E-state index in [0.29, 0.717) is 0 Å². The third-order valence-corrected chi connectivity index (χ3v) is 5.39. The summed E-state index contributed by atoms with van der Waals surface area (Å²) in [5.74, 6) is -1.56. The molecule has 0 aliphatic carbocycles. The van der Waals surface area contributed by atoms with Crippen molar-refractivity contribution >= 4 is 23.6 Å². The van der Waals surface area contributed by atoms with E-state index in [9.17, 15) is 19.8 Å². The number of aromatic carboxylic acids is 1. The van der Waals surface area contributed by atoms with Gasteiger partial charge in [0, 0.05) is 29.9 Å². The Morgan fingerprint density at radius 2 is 1.59 bits per heavy atom. The molecule has 0 fully saturated rings. The van der Waals surface area contributed by atoms with E-state index in [0.717, 1.165) is 62.0 Å². The second kappa shape index (κ2) is 8.71. The van der Waals surface area contributed by atoms with Crippen LogP contribution in [0, 0.1) is 0 Å². The number of ketones is 1. The summed E-state index contributed by atoms with van der Waals surface area (Å²) < 4.78 is 0. The van der Waals surface area contributed by atoms with Crippen LogP contribution in [-0.2, 0) is 22.4 Å². The van der Waals surface area contributed by atoms with Gasteiger partial charge in [0.15, 0.2) is 5.78 Å². The van der Waals surface area contributed by atoms with Crippen LogP contribution in [0.4, 0.5) is 5.69 Å². The lowest BCUT2D eigenvalue weighted by atomic mass is 9.89. The topological polar surface area (TPSA) is 112 Å². The van der Waals surface area contributed by atoms with Gasteiger partial charge in [-0.1, -0.05) is 18.2 Å². The highest BCUT2D eigenvalue weighted by Gasteiger charge is 2.29. The van der Waals surface area contributed by atoms with Crippen molar-refractivity contribution in [1.82, 2.24) is 0 Å². The molecular formula is C22H21NO6. The number of carbonyl (C=O) groups is 2. The summed E-state index contributed by atoms with van der Waals surface area (Å²) in [5, 5.41) is 20.2. The predicted octanol–water partition coefficient (Wildman–Crippen LogP) is 2.83. The molecule has 0 aromatic heterocycles. The molecule has 4 rings (SSSR count). The third kappa shape index (κ3) is 3.91. The fourth-order valence-corrected chi connectivity index (χ4v) is 4.19. The molecule has 7 nitrogen and oxygen atoms in total. The first kappa shape index (κ1) is 20.3. The summed E-state index contributed by atoms with van der Waals surface area (Å²) in [6.07, 6.45) is 4.96. The lowest BCUT2D eigenvalue weighted by Crippen LogP contribution is -2.30. The van der Waals surface area contributed by atoms with Crippen LogP contribution >= 0.6 is 0 Å². The Hall–Kier alpha value is -3.44. The van der Waals surface area contributed by atoms with Crippen LogP contribution in [0.25, 0.3) is 0 Å². The standard InChI is InChI=1S/C21H21NO4.CO2/c23-19(14-7-1-2-8-15(14)21(25)26)17-12-13-6-3-4-10-22-11-5-9-16(18(13)22)20(17)24;2-1-3/h1-2,7-8,12,24H,3-6,9-11H2,(H,25,26);. The van der Waals surface area contributed by atoms with Gasteiger partial charge in [0.25, 0.3) is 0 Å². The van der Waals surface area contributed by atoms with Crippen LogP contribution in [0.15, 0.2) is 30.3 Å². The summed E-state index contributed by atoms with van der Waals surface area (Å²) in [4.78, 5) is 43.1. The summed E-state index contributed by atoms with van der Waals surface area (Å²) in [6.45, 7) is 1.96.